The molecule has 0 aliphatic heterocycles. The van der Waals surface area contributed by atoms with Gasteiger partial charge in [-0.3, -0.25) is 0 Å². The standard InChI is InChI=1S/C6H6F3NO2/c1-3-4(11-2)5(12-10-3)6(7,8)9/h1-2H3. The van der Waals surface area contributed by atoms with Gasteiger partial charge in [0.05, 0.1) is 7.11 Å². The van der Waals surface area contributed by atoms with Gasteiger partial charge in [-0.25, -0.2) is 0 Å². The van der Waals surface area contributed by atoms with Crippen LogP contribution in [-0.2, 0) is 6.18 Å². The van der Waals surface area contributed by atoms with Crippen molar-refractivity contribution in [1.29, 1.82) is 0 Å². The van der Waals surface area contributed by atoms with E-state index in [1.165, 1.54) is 6.92 Å². The molecule has 0 N–H and O–H groups in total. The Balaban J connectivity index is 3.16. The average molecular weight is 181 g/mol. The van der Waals surface area contributed by atoms with E-state index in [0.29, 0.717) is 0 Å². The third kappa shape index (κ3) is 1.37. The lowest BCUT2D eigenvalue weighted by Gasteiger charge is -2.02. The first-order chi connectivity index (χ1) is 5.46. The second-order valence-electron chi connectivity index (χ2n) is 2.13. The molecule has 68 valence electrons. The van der Waals surface area contributed by atoms with Crippen LogP contribution >= 0.6 is 0 Å². The molecule has 1 aromatic heterocycles. The summed E-state index contributed by atoms with van der Waals surface area (Å²) in [6, 6.07) is 0. The zero-order chi connectivity index (χ0) is 9.35. The lowest BCUT2D eigenvalue weighted by atomic mass is 10.3. The highest BCUT2D eigenvalue weighted by Gasteiger charge is 2.40. The minimum atomic E-state index is -4.55. The summed E-state index contributed by atoms with van der Waals surface area (Å²) in [6.45, 7) is 1.37. The largest absolute Gasteiger partial charge is 0.491 e. The molecule has 0 atom stereocenters. The van der Waals surface area contributed by atoms with Crippen LogP contribution < -0.4 is 4.74 Å². The van der Waals surface area contributed by atoms with Crippen LogP contribution in [0.4, 0.5) is 13.2 Å². The van der Waals surface area contributed by atoms with E-state index in [2.05, 4.69) is 14.4 Å². The number of ether oxygens (including phenoxy) is 1. The predicted molar refractivity (Wildman–Crippen MR) is 32.8 cm³/mol. The fourth-order valence-corrected chi connectivity index (χ4v) is 0.782. The Hall–Kier alpha value is -1.20. The molecular formula is C6H6F3NO2. The lowest BCUT2D eigenvalue weighted by molar-refractivity contribution is -0.156. The second-order valence-corrected chi connectivity index (χ2v) is 2.13. The van der Waals surface area contributed by atoms with E-state index >= 15 is 0 Å². The maximum absolute atomic E-state index is 12.0. The van der Waals surface area contributed by atoms with Crippen LogP contribution in [0, 0.1) is 6.92 Å². The van der Waals surface area contributed by atoms with Gasteiger partial charge in [0.25, 0.3) is 5.76 Å². The van der Waals surface area contributed by atoms with Crippen LogP contribution in [0.3, 0.4) is 0 Å². The molecule has 0 unspecified atom stereocenters. The summed E-state index contributed by atoms with van der Waals surface area (Å²) in [4.78, 5) is 0. The molecule has 0 saturated carbocycles. The van der Waals surface area contributed by atoms with Crippen molar-refractivity contribution in [3.05, 3.63) is 11.5 Å². The molecule has 0 aliphatic carbocycles. The van der Waals surface area contributed by atoms with Gasteiger partial charge in [0.1, 0.15) is 5.69 Å². The van der Waals surface area contributed by atoms with Crippen molar-refractivity contribution in [2.75, 3.05) is 7.11 Å². The first kappa shape index (κ1) is 8.89. The molecule has 3 nitrogen and oxygen atoms in total. The number of hydrogen-bond donors (Lipinski definition) is 0. The first-order valence-electron chi connectivity index (χ1n) is 3.04. The third-order valence-electron chi connectivity index (χ3n) is 1.27. The maximum Gasteiger partial charge on any atom is 0.456 e. The average Bonchev–Trinajstić information content (AvgIpc) is 2.29. The number of aromatic nitrogens is 1. The second kappa shape index (κ2) is 2.69. The summed E-state index contributed by atoms with van der Waals surface area (Å²) < 4.78 is 44.6. The highest BCUT2D eigenvalue weighted by molar-refractivity contribution is 5.31. The van der Waals surface area contributed by atoms with Crippen molar-refractivity contribution in [1.82, 2.24) is 5.16 Å². The minimum Gasteiger partial charge on any atom is -0.491 e. The van der Waals surface area contributed by atoms with Gasteiger partial charge in [-0.1, -0.05) is 5.16 Å². The Bertz CT molecular complexity index is 279. The van der Waals surface area contributed by atoms with E-state index in [1.54, 1.807) is 0 Å². The zero-order valence-corrected chi connectivity index (χ0v) is 6.40. The highest BCUT2D eigenvalue weighted by Crippen LogP contribution is 2.37. The molecule has 0 bridgehead atoms. The Morgan fingerprint density at radius 2 is 2.00 bits per heavy atom. The van der Waals surface area contributed by atoms with E-state index in [1.807, 2.05) is 0 Å². The third-order valence-corrected chi connectivity index (χ3v) is 1.27. The zero-order valence-electron chi connectivity index (χ0n) is 6.40. The number of methoxy groups -OCH3 is 1. The molecule has 0 aromatic carbocycles. The molecule has 12 heavy (non-hydrogen) atoms. The van der Waals surface area contributed by atoms with Crippen LogP contribution in [0.25, 0.3) is 0 Å². The van der Waals surface area contributed by atoms with Crippen molar-refractivity contribution >= 4 is 0 Å². The van der Waals surface area contributed by atoms with E-state index < -0.39 is 11.9 Å². The topological polar surface area (TPSA) is 35.3 Å². The molecule has 6 heteroatoms. The van der Waals surface area contributed by atoms with E-state index in [9.17, 15) is 13.2 Å². The smallest absolute Gasteiger partial charge is 0.456 e. The number of halogens is 3. The molecule has 0 amide bonds. The summed E-state index contributed by atoms with van der Waals surface area (Å²) in [5.74, 6) is -1.55. The van der Waals surface area contributed by atoms with E-state index in [0.717, 1.165) is 7.11 Å². The number of hydrogen-bond acceptors (Lipinski definition) is 3. The van der Waals surface area contributed by atoms with Crippen LogP contribution in [0.5, 0.6) is 5.75 Å². The Morgan fingerprint density at radius 1 is 1.42 bits per heavy atom. The van der Waals surface area contributed by atoms with Crippen molar-refractivity contribution < 1.29 is 22.4 Å². The van der Waals surface area contributed by atoms with Gasteiger partial charge in [0.15, 0.2) is 5.75 Å². The summed E-state index contributed by atoms with van der Waals surface area (Å²) in [6.07, 6.45) is -4.55. The van der Waals surface area contributed by atoms with Gasteiger partial charge < -0.3 is 9.26 Å². The van der Waals surface area contributed by atoms with Crippen molar-refractivity contribution in [2.45, 2.75) is 13.1 Å². The van der Waals surface area contributed by atoms with Crippen LogP contribution in [0.1, 0.15) is 11.5 Å². The highest BCUT2D eigenvalue weighted by atomic mass is 19.4. The minimum absolute atomic E-state index is 0.0878. The molecule has 1 heterocycles. The van der Waals surface area contributed by atoms with Crippen molar-refractivity contribution in [3.63, 3.8) is 0 Å². The molecular weight excluding hydrogens is 175 g/mol. The maximum atomic E-state index is 12.0. The molecule has 0 fully saturated rings. The quantitative estimate of drug-likeness (QED) is 0.664. The summed E-state index contributed by atoms with van der Waals surface area (Å²) in [5.41, 5.74) is 0.0878. The molecule has 0 radical (unpaired) electrons. The fraction of sp³-hybridized carbons (Fsp3) is 0.500. The van der Waals surface area contributed by atoms with Crippen molar-refractivity contribution in [2.24, 2.45) is 0 Å². The van der Waals surface area contributed by atoms with E-state index in [-0.39, 0.29) is 11.4 Å². The fourth-order valence-electron chi connectivity index (χ4n) is 0.782. The number of aryl methyl sites for hydroxylation is 1. The molecule has 1 aromatic rings. The molecule has 0 spiro atoms. The van der Waals surface area contributed by atoms with Gasteiger partial charge in [0.2, 0.25) is 0 Å². The predicted octanol–water partition coefficient (Wildman–Crippen LogP) is 2.01. The Morgan fingerprint density at radius 3 is 2.33 bits per heavy atom. The summed E-state index contributed by atoms with van der Waals surface area (Å²) in [5, 5.41) is 3.13. The molecule has 1 rings (SSSR count). The molecule has 0 aliphatic rings. The monoisotopic (exact) mass is 181 g/mol. The van der Waals surface area contributed by atoms with Crippen LogP contribution in [0.15, 0.2) is 4.52 Å². The first-order valence-corrected chi connectivity index (χ1v) is 3.04. The van der Waals surface area contributed by atoms with Crippen molar-refractivity contribution in [3.8, 4) is 5.75 Å². The number of alkyl halides is 3. The lowest BCUT2D eigenvalue weighted by Crippen LogP contribution is -2.05. The Kier molecular flexibility index (Phi) is 1.99. The number of rotatable bonds is 1. The normalized spacial score (nSPS) is 11.8. The Labute approximate surface area is 66.1 Å². The number of nitrogens with zero attached hydrogens (tertiary/aromatic N) is 1. The SMILES string of the molecule is COc1c(C)noc1C(F)(F)F. The van der Waals surface area contributed by atoms with Gasteiger partial charge in [-0.2, -0.15) is 13.2 Å². The summed E-state index contributed by atoms with van der Waals surface area (Å²) >= 11 is 0. The summed E-state index contributed by atoms with van der Waals surface area (Å²) in [7, 11) is 1.13. The van der Waals surface area contributed by atoms with Crippen LogP contribution in [0.2, 0.25) is 0 Å². The van der Waals surface area contributed by atoms with E-state index in [4.69, 9.17) is 0 Å². The van der Waals surface area contributed by atoms with Gasteiger partial charge in [-0.15, -0.1) is 0 Å². The van der Waals surface area contributed by atoms with Gasteiger partial charge in [-0.05, 0) is 6.92 Å². The van der Waals surface area contributed by atoms with Gasteiger partial charge in [0, 0.05) is 0 Å². The molecule has 0 saturated heterocycles. The van der Waals surface area contributed by atoms with Gasteiger partial charge >= 0.3 is 6.18 Å². The van der Waals surface area contributed by atoms with Crippen LogP contribution in [-0.4, -0.2) is 12.3 Å².